The quantitative estimate of drug-likeness (QED) is 0.337. The molecule has 0 aliphatic rings. The number of rotatable bonds is 9. The van der Waals surface area contributed by atoms with E-state index in [1.54, 1.807) is 0 Å². The third-order valence-electron chi connectivity index (χ3n) is 5.53. The monoisotopic (exact) mass is 410 g/mol. The number of aromatic nitrogens is 2. The molecule has 2 heterocycles. The molecule has 0 radical (unpaired) electrons. The van der Waals surface area contributed by atoms with Crippen LogP contribution in [0.3, 0.4) is 0 Å². The fraction of sp³-hybridized carbons (Fsp3) is 0.615. The van der Waals surface area contributed by atoms with Crippen LogP contribution in [0, 0.1) is 0 Å². The fourth-order valence-electron chi connectivity index (χ4n) is 3.33. The zero-order chi connectivity index (χ0) is 22.4. The molecule has 0 saturated heterocycles. The minimum absolute atomic E-state index is 0.148. The highest BCUT2D eigenvalue weighted by atomic mass is 14.8. The first kappa shape index (κ1) is 24.2. The molecule has 4 nitrogen and oxygen atoms in total. The second kappa shape index (κ2) is 10.3. The topological polar surface area (TPSA) is 56.3 Å². The van der Waals surface area contributed by atoms with Gasteiger partial charge in [0.1, 0.15) is 0 Å². The number of H-pyrrole nitrogens is 2. The van der Waals surface area contributed by atoms with Crippen LogP contribution in [-0.2, 0) is 10.8 Å². The molecule has 0 amide bonds. The van der Waals surface area contributed by atoms with Gasteiger partial charge < -0.3 is 9.97 Å². The van der Waals surface area contributed by atoms with Crippen LogP contribution in [-0.4, -0.2) is 34.5 Å². The van der Waals surface area contributed by atoms with Crippen LogP contribution in [0.2, 0.25) is 0 Å². The van der Waals surface area contributed by atoms with Crippen LogP contribution in [0.25, 0.3) is 0 Å². The molecule has 0 aromatic carbocycles. The summed E-state index contributed by atoms with van der Waals surface area (Å²) in [6.45, 7) is 19.3. The van der Waals surface area contributed by atoms with Gasteiger partial charge in [-0.05, 0) is 51.0 Å². The highest BCUT2D eigenvalue weighted by molar-refractivity contribution is 5.97. The van der Waals surface area contributed by atoms with E-state index >= 15 is 0 Å². The largest absolute Gasteiger partial charge is 0.357 e. The van der Waals surface area contributed by atoms with Crippen molar-refractivity contribution in [1.29, 1.82) is 0 Å². The zero-order valence-electron chi connectivity index (χ0n) is 20.4. The van der Waals surface area contributed by atoms with Crippen molar-refractivity contribution in [3.63, 3.8) is 0 Å². The number of nitrogens with zero attached hydrogens (tertiary/aromatic N) is 2. The van der Waals surface area contributed by atoms with Crippen LogP contribution in [0.5, 0.6) is 0 Å². The van der Waals surface area contributed by atoms with Crippen LogP contribution >= 0.6 is 0 Å². The number of aromatic amines is 2. The molecule has 0 bridgehead atoms. The van der Waals surface area contributed by atoms with E-state index in [0.29, 0.717) is 0 Å². The number of nitrogens with one attached hydrogen (secondary N) is 2. The summed E-state index contributed by atoms with van der Waals surface area (Å²) in [5.74, 6) is 0. The van der Waals surface area contributed by atoms with Gasteiger partial charge >= 0.3 is 0 Å². The molecule has 2 rings (SSSR count). The third-order valence-corrected chi connectivity index (χ3v) is 5.53. The Morgan fingerprint density at radius 3 is 1.30 bits per heavy atom. The first-order valence-corrected chi connectivity index (χ1v) is 11.4. The highest BCUT2D eigenvalue weighted by Gasteiger charge is 2.16. The molecule has 30 heavy (non-hydrogen) atoms. The summed E-state index contributed by atoms with van der Waals surface area (Å²) in [5, 5.41) is 0. The van der Waals surface area contributed by atoms with Crippen molar-refractivity contribution in [1.82, 2.24) is 9.97 Å². The van der Waals surface area contributed by atoms with Gasteiger partial charge in [0.25, 0.3) is 0 Å². The Hall–Kier alpha value is -2.10. The van der Waals surface area contributed by atoms with Crippen LogP contribution in [0.1, 0.15) is 104 Å². The van der Waals surface area contributed by atoms with E-state index in [2.05, 4.69) is 89.6 Å². The zero-order valence-corrected chi connectivity index (χ0v) is 20.4. The van der Waals surface area contributed by atoms with Crippen molar-refractivity contribution in [2.24, 2.45) is 9.98 Å². The van der Waals surface area contributed by atoms with Gasteiger partial charge in [0, 0.05) is 35.3 Å². The SMILES string of the molecule is CC(=NCCCCCCN=C(C)c1ccc(C(C)(C)C)[nH]1)c1ccc(C(C)(C)C)[nH]1. The van der Waals surface area contributed by atoms with Crippen molar-refractivity contribution in [2.75, 3.05) is 13.1 Å². The van der Waals surface area contributed by atoms with Crippen LogP contribution in [0.15, 0.2) is 34.3 Å². The van der Waals surface area contributed by atoms with E-state index in [0.717, 1.165) is 48.7 Å². The van der Waals surface area contributed by atoms with E-state index in [9.17, 15) is 0 Å². The fourth-order valence-corrected chi connectivity index (χ4v) is 3.33. The molecule has 0 aliphatic heterocycles. The molecule has 0 spiro atoms. The molecule has 0 atom stereocenters. The molecule has 2 aromatic rings. The lowest BCUT2D eigenvalue weighted by molar-refractivity contribution is 0.572. The van der Waals surface area contributed by atoms with Gasteiger partial charge in [-0.2, -0.15) is 0 Å². The summed E-state index contributed by atoms with van der Waals surface area (Å²) in [6, 6.07) is 8.64. The van der Waals surface area contributed by atoms with Gasteiger partial charge in [-0.3, -0.25) is 9.98 Å². The van der Waals surface area contributed by atoms with Crippen molar-refractivity contribution >= 4 is 11.4 Å². The Bertz CT molecular complexity index is 778. The van der Waals surface area contributed by atoms with Gasteiger partial charge in [-0.25, -0.2) is 0 Å². The molecule has 0 unspecified atom stereocenters. The standard InChI is InChI=1S/C26H42N4/c1-19(21-13-15-23(29-21)25(3,4)5)27-17-11-9-10-12-18-28-20(2)22-14-16-24(30-22)26(6,7)8/h13-16,29-30H,9-12,17-18H2,1-8H3. The molecular weight excluding hydrogens is 368 g/mol. The summed E-state index contributed by atoms with van der Waals surface area (Å²) >= 11 is 0. The predicted octanol–water partition coefficient (Wildman–Crippen LogP) is 6.82. The van der Waals surface area contributed by atoms with Crippen molar-refractivity contribution in [2.45, 2.75) is 91.9 Å². The van der Waals surface area contributed by atoms with E-state index in [-0.39, 0.29) is 10.8 Å². The Labute approximate surface area is 183 Å². The minimum atomic E-state index is 0.148. The Kier molecular flexibility index (Phi) is 8.28. The molecule has 2 aromatic heterocycles. The molecule has 0 aliphatic carbocycles. The normalized spacial score (nSPS) is 13.9. The van der Waals surface area contributed by atoms with Crippen LogP contribution < -0.4 is 0 Å². The molecule has 166 valence electrons. The summed E-state index contributed by atoms with van der Waals surface area (Å²) in [6.07, 6.45) is 4.69. The predicted molar refractivity (Wildman–Crippen MR) is 132 cm³/mol. The van der Waals surface area contributed by atoms with Gasteiger partial charge in [0.05, 0.1) is 22.8 Å². The molecule has 4 heteroatoms. The van der Waals surface area contributed by atoms with Gasteiger partial charge in [-0.15, -0.1) is 0 Å². The number of hydrogen-bond donors (Lipinski definition) is 2. The maximum Gasteiger partial charge on any atom is 0.0593 e. The number of hydrogen-bond acceptors (Lipinski definition) is 2. The van der Waals surface area contributed by atoms with E-state index in [4.69, 9.17) is 9.98 Å². The Balaban J connectivity index is 1.67. The lowest BCUT2D eigenvalue weighted by Gasteiger charge is -2.16. The average Bonchev–Trinajstić information content (AvgIpc) is 3.32. The minimum Gasteiger partial charge on any atom is -0.357 e. The Morgan fingerprint density at radius 1 is 0.633 bits per heavy atom. The second-order valence-corrected chi connectivity index (χ2v) is 10.4. The summed E-state index contributed by atoms with van der Waals surface area (Å²) in [4.78, 5) is 16.5. The van der Waals surface area contributed by atoms with Crippen molar-refractivity contribution in [3.05, 3.63) is 47.0 Å². The van der Waals surface area contributed by atoms with E-state index in [1.165, 1.54) is 24.2 Å². The second-order valence-electron chi connectivity index (χ2n) is 10.4. The maximum absolute atomic E-state index is 4.75. The number of unbranched alkanes of at least 4 members (excludes halogenated alkanes) is 3. The lowest BCUT2D eigenvalue weighted by Crippen LogP contribution is -2.12. The highest BCUT2D eigenvalue weighted by Crippen LogP contribution is 2.22. The van der Waals surface area contributed by atoms with E-state index in [1.807, 2.05) is 0 Å². The maximum atomic E-state index is 4.75. The van der Waals surface area contributed by atoms with Crippen molar-refractivity contribution < 1.29 is 0 Å². The first-order chi connectivity index (χ1) is 14.0. The smallest absolute Gasteiger partial charge is 0.0593 e. The molecular formula is C26H42N4. The summed E-state index contributed by atoms with van der Waals surface area (Å²) in [5.41, 5.74) is 7.31. The van der Waals surface area contributed by atoms with Gasteiger partial charge in [-0.1, -0.05) is 54.4 Å². The van der Waals surface area contributed by atoms with Gasteiger partial charge in [0.2, 0.25) is 0 Å². The summed E-state index contributed by atoms with van der Waals surface area (Å²) in [7, 11) is 0. The third kappa shape index (κ3) is 7.30. The molecule has 0 saturated carbocycles. The van der Waals surface area contributed by atoms with Crippen LogP contribution in [0.4, 0.5) is 0 Å². The van der Waals surface area contributed by atoms with Gasteiger partial charge in [0.15, 0.2) is 0 Å². The lowest BCUT2D eigenvalue weighted by atomic mass is 9.93. The summed E-state index contributed by atoms with van der Waals surface area (Å²) < 4.78 is 0. The average molecular weight is 411 g/mol. The van der Waals surface area contributed by atoms with Crippen molar-refractivity contribution in [3.8, 4) is 0 Å². The molecule has 0 fully saturated rings. The molecule has 2 N–H and O–H groups in total. The first-order valence-electron chi connectivity index (χ1n) is 11.4. The Morgan fingerprint density at radius 2 is 1.00 bits per heavy atom. The number of aliphatic imine (C=N–C) groups is 2. The van der Waals surface area contributed by atoms with E-state index < -0.39 is 0 Å².